The van der Waals surface area contributed by atoms with Crippen molar-refractivity contribution in [3.8, 4) is 5.75 Å². The molecule has 232 valence electrons. The zero-order chi connectivity index (χ0) is 31.3. The standard InChI is InChI=1S/C34H51N3O5/c1-8-10-11-12-22-37(30(27-18-14-24(3)15-19-27)31(39)35-25(4)13-9-2)32(40)29(36-33(41)42-34(5,6)7)23-26-16-20-28(38)21-17-26/h14-21,25,29-30,38H,8-13,22-23H2,1-7H3,(H,35,39)(H,36,41). The summed E-state index contributed by atoms with van der Waals surface area (Å²) in [5.41, 5.74) is 1.76. The van der Waals surface area contributed by atoms with E-state index in [1.165, 1.54) is 0 Å². The lowest BCUT2D eigenvalue weighted by Gasteiger charge is -2.35. The molecule has 2 aromatic carbocycles. The molecule has 0 aliphatic carbocycles. The van der Waals surface area contributed by atoms with E-state index in [0.29, 0.717) is 12.1 Å². The molecular weight excluding hydrogens is 530 g/mol. The molecule has 0 aliphatic heterocycles. The van der Waals surface area contributed by atoms with Gasteiger partial charge in [-0.05, 0) is 70.7 Å². The Hall–Kier alpha value is -3.55. The third-order valence-electron chi connectivity index (χ3n) is 6.96. The van der Waals surface area contributed by atoms with Gasteiger partial charge in [0.25, 0.3) is 0 Å². The lowest BCUT2D eigenvalue weighted by atomic mass is 9.98. The summed E-state index contributed by atoms with van der Waals surface area (Å²) in [4.78, 5) is 43.0. The predicted molar refractivity (Wildman–Crippen MR) is 167 cm³/mol. The highest BCUT2D eigenvalue weighted by molar-refractivity contribution is 5.92. The predicted octanol–water partition coefficient (Wildman–Crippen LogP) is 6.59. The first kappa shape index (κ1) is 34.7. The minimum atomic E-state index is -0.996. The third kappa shape index (κ3) is 11.7. The Morgan fingerprint density at radius 1 is 0.905 bits per heavy atom. The lowest BCUT2D eigenvalue weighted by Crippen LogP contribution is -2.54. The maximum Gasteiger partial charge on any atom is 0.408 e. The fourth-order valence-corrected chi connectivity index (χ4v) is 4.84. The van der Waals surface area contributed by atoms with Crippen molar-refractivity contribution in [3.63, 3.8) is 0 Å². The van der Waals surface area contributed by atoms with Crippen molar-refractivity contribution < 1.29 is 24.2 Å². The first-order chi connectivity index (χ1) is 19.8. The summed E-state index contributed by atoms with van der Waals surface area (Å²) < 4.78 is 5.51. The van der Waals surface area contributed by atoms with Crippen LogP contribution in [-0.4, -0.2) is 52.1 Å². The molecule has 3 unspecified atom stereocenters. The molecule has 3 N–H and O–H groups in total. The van der Waals surface area contributed by atoms with Crippen LogP contribution in [0.25, 0.3) is 0 Å². The van der Waals surface area contributed by atoms with Crippen molar-refractivity contribution in [2.45, 2.75) is 117 Å². The van der Waals surface area contributed by atoms with Crippen molar-refractivity contribution in [3.05, 3.63) is 65.2 Å². The minimum Gasteiger partial charge on any atom is -0.508 e. The van der Waals surface area contributed by atoms with E-state index in [1.807, 2.05) is 38.1 Å². The van der Waals surface area contributed by atoms with Crippen LogP contribution in [0.1, 0.15) is 103 Å². The summed E-state index contributed by atoms with van der Waals surface area (Å²) in [6.45, 7) is 13.8. The molecule has 8 nitrogen and oxygen atoms in total. The number of aromatic hydroxyl groups is 1. The molecule has 0 aromatic heterocycles. The number of benzene rings is 2. The molecule has 0 fully saturated rings. The molecule has 8 heteroatoms. The number of aryl methyl sites for hydroxylation is 1. The van der Waals surface area contributed by atoms with Crippen LogP contribution in [0.5, 0.6) is 5.75 Å². The molecule has 0 saturated heterocycles. The van der Waals surface area contributed by atoms with E-state index in [2.05, 4.69) is 24.5 Å². The van der Waals surface area contributed by atoms with E-state index in [0.717, 1.165) is 49.7 Å². The van der Waals surface area contributed by atoms with Gasteiger partial charge >= 0.3 is 6.09 Å². The van der Waals surface area contributed by atoms with Gasteiger partial charge in [-0.25, -0.2) is 4.79 Å². The third-order valence-corrected chi connectivity index (χ3v) is 6.96. The summed E-state index contributed by atoms with van der Waals surface area (Å²) >= 11 is 0. The lowest BCUT2D eigenvalue weighted by molar-refractivity contribution is -0.142. The molecule has 0 aliphatic rings. The van der Waals surface area contributed by atoms with Crippen LogP contribution in [0.15, 0.2) is 48.5 Å². The van der Waals surface area contributed by atoms with Gasteiger partial charge in [0.2, 0.25) is 11.8 Å². The normalized spacial score (nSPS) is 13.5. The highest BCUT2D eigenvalue weighted by Gasteiger charge is 2.36. The largest absolute Gasteiger partial charge is 0.508 e. The van der Waals surface area contributed by atoms with E-state index in [1.54, 1.807) is 49.9 Å². The molecule has 0 radical (unpaired) electrons. The van der Waals surface area contributed by atoms with Crippen LogP contribution in [0, 0.1) is 6.92 Å². The highest BCUT2D eigenvalue weighted by Crippen LogP contribution is 2.25. The monoisotopic (exact) mass is 581 g/mol. The number of nitrogens with one attached hydrogen (secondary N) is 2. The average Bonchev–Trinajstić information content (AvgIpc) is 2.90. The zero-order valence-corrected chi connectivity index (χ0v) is 26.5. The maximum absolute atomic E-state index is 14.5. The number of amides is 3. The number of rotatable bonds is 15. The second-order valence-electron chi connectivity index (χ2n) is 12.2. The Labute approximate surface area is 252 Å². The van der Waals surface area contributed by atoms with E-state index >= 15 is 0 Å². The number of nitrogens with zero attached hydrogens (tertiary/aromatic N) is 1. The number of carbonyl (C=O) groups is 3. The van der Waals surface area contributed by atoms with Crippen LogP contribution in [0.3, 0.4) is 0 Å². The topological polar surface area (TPSA) is 108 Å². The van der Waals surface area contributed by atoms with Crippen LogP contribution in [-0.2, 0) is 20.7 Å². The molecule has 0 saturated carbocycles. The Balaban J connectivity index is 2.56. The molecule has 2 rings (SSSR count). The highest BCUT2D eigenvalue weighted by atomic mass is 16.6. The minimum absolute atomic E-state index is 0.0554. The van der Waals surface area contributed by atoms with Gasteiger partial charge in [0.15, 0.2) is 0 Å². The van der Waals surface area contributed by atoms with Gasteiger partial charge < -0.3 is 25.4 Å². The summed E-state index contributed by atoms with van der Waals surface area (Å²) in [5.74, 6) is -0.504. The van der Waals surface area contributed by atoms with Crippen molar-refractivity contribution >= 4 is 17.9 Å². The number of carbonyl (C=O) groups excluding carboxylic acids is 3. The Bertz CT molecular complexity index is 1130. The number of alkyl carbamates (subject to hydrolysis) is 1. The van der Waals surface area contributed by atoms with E-state index < -0.39 is 23.8 Å². The van der Waals surface area contributed by atoms with Crippen molar-refractivity contribution in [2.75, 3.05) is 6.54 Å². The van der Waals surface area contributed by atoms with E-state index in [-0.39, 0.29) is 30.0 Å². The fourth-order valence-electron chi connectivity index (χ4n) is 4.84. The van der Waals surface area contributed by atoms with Gasteiger partial charge in [-0.15, -0.1) is 0 Å². The van der Waals surface area contributed by atoms with E-state index in [9.17, 15) is 19.5 Å². The van der Waals surface area contributed by atoms with Gasteiger partial charge in [-0.1, -0.05) is 81.5 Å². The molecule has 2 aromatic rings. The van der Waals surface area contributed by atoms with Crippen LogP contribution < -0.4 is 10.6 Å². The van der Waals surface area contributed by atoms with Gasteiger partial charge in [0.1, 0.15) is 23.4 Å². The molecular formula is C34H51N3O5. The molecule has 3 amide bonds. The summed E-state index contributed by atoms with van der Waals surface area (Å²) in [6, 6.07) is 12.3. The second-order valence-corrected chi connectivity index (χ2v) is 12.2. The Morgan fingerprint density at radius 3 is 2.12 bits per heavy atom. The van der Waals surface area contributed by atoms with Crippen LogP contribution in [0.4, 0.5) is 4.79 Å². The first-order valence-corrected chi connectivity index (χ1v) is 15.3. The van der Waals surface area contributed by atoms with Crippen molar-refractivity contribution in [1.29, 1.82) is 0 Å². The van der Waals surface area contributed by atoms with Gasteiger partial charge in [-0.2, -0.15) is 0 Å². The number of phenols is 1. The zero-order valence-electron chi connectivity index (χ0n) is 26.5. The summed E-state index contributed by atoms with van der Waals surface area (Å²) in [6.07, 6.45) is 4.88. The maximum atomic E-state index is 14.5. The molecule has 0 heterocycles. The summed E-state index contributed by atoms with van der Waals surface area (Å²) in [5, 5.41) is 15.7. The van der Waals surface area contributed by atoms with Gasteiger partial charge in [-0.3, -0.25) is 9.59 Å². The average molecular weight is 582 g/mol. The number of unbranched alkanes of at least 4 members (excludes halogenated alkanes) is 3. The number of hydrogen-bond acceptors (Lipinski definition) is 5. The Morgan fingerprint density at radius 2 is 1.55 bits per heavy atom. The van der Waals surface area contributed by atoms with Crippen LogP contribution >= 0.6 is 0 Å². The van der Waals surface area contributed by atoms with Crippen molar-refractivity contribution in [2.24, 2.45) is 0 Å². The smallest absolute Gasteiger partial charge is 0.408 e. The number of phenolic OH excluding ortho intramolecular Hbond substituents is 1. The molecule has 42 heavy (non-hydrogen) atoms. The fraction of sp³-hybridized carbons (Fsp3) is 0.559. The van der Waals surface area contributed by atoms with E-state index in [4.69, 9.17) is 4.74 Å². The number of ether oxygens (including phenoxy) is 1. The molecule has 0 bridgehead atoms. The molecule has 0 spiro atoms. The number of hydrogen-bond donors (Lipinski definition) is 3. The van der Waals surface area contributed by atoms with Gasteiger partial charge in [0, 0.05) is 19.0 Å². The quantitative estimate of drug-likeness (QED) is 0.206. The SMILES string of the molecule is CCCCCCN(C(=O)C(Cc1ccc(O)cc1)NC(=O)OC(C)(C)C)C(C(=O)NC(C)CCC)c1ccc(C)cc1. The van der Waals surface area contributed by atoms with Crippen molar-refractivity contribution in [1.82, 2.24) is 15.5 Å². The van der Waals surface area contributed by atoms with Crippen LogP contribution in [0.2, 0.25) is 0 Å². The second kappa shape index (κ2) is 16.8. The van der Waals surface area contributed by atoms with Gasteiger partial charge in [0.05, 0.1) is 0 Å². The first-order valence-electron chi connectivity index (χ1n) is 15.3. The Kier molecular flexibility index (Phi) is 13.8. The molecule has 3 atom stereocenters. The summed E-state index contributed by atoms with van der Waals surface area (Å²) in [7, 11) is 0.